The Morgan fingerprint density at radius 1 is 1.30 bits per heavy atom. The molecule has 2 N–H and O–H groups in total. The van der Waals surface area contributed by atoms with Gasteiger partial charge in [-0.05, 0) is 11.5 Å². The van der Waals surface area contributed by atoms with E-state index in [0.717, 1.165) is 5.56 Å². The molecule has 0 aliphatic rings. The molecular formula is C16H21NO3. The summed E-state index contributed by atoms with van der Waals surface area (Å²) in [5.41, 5.74) is 0.995. The third-order valence-corrected chi connectivity index (χ3v) is 3.17. The number of allylic oxidation sites excluding steroid dienone is 1. The molecule has 1 amide bonds. The zero-order valence-corrected chi connectivity index (χ0v) is 11.9. The van der Waals surface area contributed by atoms with Crippen molar-refractivity contribution in [2.45, 2.75) is 32.2 Å². The lowest BCUT2D eigenvalue weighted by molar-refractivity contribution is -0.143. The average Bonchev–Trinajstić information content (AvgIpc) is 2.42. The molecule has 0 aromatic heterocycles. The topological polar surface area (TPSA) is 66.4 Å². The standard InChI is InChI=1S/C16H21NO3/c1-4-12(13-8-6-5-7-9-13)10-14(18)17-15(11(2)3)16(19)20/h4-9,11-12,15H,1,10H2,2-3H3,(H,17,18)(H,19,20)/t12?,15-/m1/s1. The molecule has 0 saturated carbocycles. The van der Waals surface area contributed by atoms with Gasteiger partial charge in [0.25, 0.3) is 0 Å². The highest BCUT2D eigenvalue weighted by Gasteiger charge is 2.24. The predicted molar refractivity (Wildman–Crippen MR) is 78.4 cm³/mol. The molecule has 0 heterocycles. The molecule has 4 nitrogen and oxygen atoms in total. The zero-order valence-electron chi connectivity index (χ0n) is 11.9. The van der Waals surface area contributed by atoms with Gasteiger partial charge in [0.05, 0.1) is 0 Å². The number of aliphatic carboxylic acids is 1. The Kier molecular flexibility index (Phi) is 5.97. The van der Waals surface area contributed by atoms with Gasteiger partial charge in [0.2, 0.25) is 5.91 Å². The van der Waals surface area contributed by atoms with E-state index in [1.165, 1.54) is 0 Å². The zero-order chi connectivity index (χ0) is 15.1. The smallest absolute Gasteiger partial charge is 0.326 e. The number of rotatable bonds is 7. The number of carbonyl (C=O) groups is 2. The van der Waals surface area contributed by atoms with Crippen LogP contribution in [0.25, 0.3) is 0 Å². The molecule has 1 unspecified atom stereocenters. The molecule has 2 atom stereocenters. The lowest BCUT2D eigenvalue weighted by atomic mass is 9.95. The minimum Gasteiger partial charge on any atom is -0.480 e. The molecule has 1 aromatic rings. The normalized spacial score (nSPS) is 13.6. The molecule has 1 aromatic carbocycles. The molecule has 108 valence electrons. The molecular weight excluding hydrogens is 254 g/mol. The Balaban J connectivity index is 2.69. The van der Waals surface area contributed by atoms with Crippen molar-refractivity contribution in [3.05, 3.63) is 48.6 Å². The SMILES string of the molecule is C=CC(CC(=O)N[C@@H](C(=O)O)C(C)C)c1ccccc1. The van der Waals surface area contributed by atoms with Gasteiger partial charge in [0.1, 0.15) is 6.04 Å². The number of nitrogens with one attached hydrogen (secondary N) is 1. The summed E-state index contributed by atoms with van der Waals surface area (Å²) in [5, 5.41) is 11.6. The Morgan fingerprint density at radius 3 is 2.35 bits per heavy atom. The molecule has 0 aliphatic carbocycles. The van der Waals surface area contributed by atoms with E-state index in [1.54, 1.807) is 19.9 Å². The van der Waals surface area contributed by atoms with E-state index >= 15 is 0 Å². The molecule has 0 saturated heterocycles. The molecule has 0 radical (unpaired) electrons. The molecule has 0 bridgehead atoms. The number of hydrogen-bond acceptors (Lipinski definition) is 2. The Morgan fingerprint density at radius 2 is 1.90 bits per heavy atom. The first-order chi connectivity index (χ1) is 9.45. The fourth-order valence-electron chi connectivity index (χ4n) is 1.98. The van der Waals surface area contributed by atoms with Gasteiger partial charge in [-0.1, -0.05) is 50.3 Å². The maximum absolute atomic E-state index is 12.0. The molecule has 0 aliphatic heterocycles. The summed E-state index contributed by atoms with van der Waals surface area (Å²) in [5.74, 6) is -1.56. The van der Waals surface area contributed by atoms with Crippen molar-refractivity contribution in [3.63, 3.8) is 0 Å². The van der Waals surface area contributed by atoms with E-state index in [1.807, 2.05) is 30.3 Å². The minimum absolute atomic E-state index is 0.113. The molecule has 4 heteroatoms. The van der Waals surface area contributed by atoms with Crippen molar-refractivity contribution in [2.75, 3.05) is 0 Å². The predicted octanol–water partition coefficient (Wildman–Crippen LogP) is 2.57. The van der Waals surface area contributed by atoms with E-state index in [4.69, 9.17) is 5.11 Å². The van der Waals surface area contributed by atoms with Gasteiger partial charge in [0.15, 0.2) is 0 Å². The summed E-state index contributed by atoms with van der Waals surface area (Å²) in [6.07, 6.45) is 1.91. The van der Waals surface area contributed by atoms with Gasteiger partial charge < -0.3 is 10.4 Å². The summed E-state index contributed by atoms with van der Waals surface area (Å²) in [7, 11) is 0. The Hall–Kier alpha value is -2.10. The minimum atomic E-state index is -1.01. The summed E-state index contributed by atoms with van der Waals surface area (Å²) >= 11 is 0. The highest BCUT2D eigenvalue weighted by Crippen LogP contribution is 2.20. The van der Waals surface area contributed by atoms with Gasteiger partial charge in [0, 0.05) is 12.3 Å². The molecule has 0 spiro atoms. The monoisotopic (exact) mass is 275 g/mol. The van der Waals surface area contributed by atoms with Crippen molar-refractivity contribution in [2.24, 2.45) is 5.92 Å². The second kappa shape index (κ2) is 7.48. The van der Waals surface area contributed by atoms with Gasteiger partial charge in [-0.3, -0.25) is 4.79 Å². The average molecular weight is 275 g/mol. The fourth-order valence-corrected chi connectivity index (χ4v) is 1.98. The van der Waals surface area contributed by atoms with Crippen molar-refractivity contribution >= 4 is 11.9 Å². The summed E-state index contributed by atoms with van der Waals surface area (Å²) < 4.78 is 0. The van der Waals surface area contributed by atoms with Crippen LogP contribution in [0.2, 0.25) is 0 Å². The number of carboxylic acid groups (broad SMARTS) is 1. The van der Waals surface area contributed by atoms with Crippen LogP contribution in [0.1, 0.15) is 31.7 Å². The van der Waals surface area contributed by atoms with Crippen LogP contribution in [-0.2, 0) is 9.59 Å². The van der Waals surface area contributed by atoms with Crippen LogP contribution in [0.15, 0.2) is 43.0 Å². The van der Waals surface area contributed by atoms with Gasteiger partial charge in [-0.15, -0.1) is 6.58 Å². The van der Waals surface area contributed by atoms with E-state index in [0.29, 0.717) is 0 Å². The van der Waals surface area contributed by atoms with Gasteiger partial charge in [-0.25, -0.2) is 4.79 Å². The maximum atomic E-state index is 12.0. The summed E-state index contributed by atoms with van der Waals surface area (Å²) in [4.78, 5) is 23.0. The summed E-state index contributed by atoms with van der Waals surface area (Å²) in [6, 6.07) is 8.70. The Bertz CT molecular complexity index is 468. The van der Waals surface area contributed by atoms with Crippen LogP contribution in [-0.4, -0.2) is 23.0 Å². The second-order valence-electron chi connectivity index (χ2n) is 5.08. The third-order valence-electron chi connectivity index (χ3n) is 3.17. The number of amides is 1. The van der Waals surface area contributed by atoms with E-state index in [-0.39, 0.29) is 24.2 Å². The van der Waals surface area contributed by atoms with Crippen LogP contribution in [0, 0.1) is 5.92 Å². The molecule has 0 fully saturated rings. The lowest BCUT2D eigenvalue weighted by Gasteiger charge is -2.19. The van der Waals surface area contributed by atoms with Crippen LogP contribution in [0.4, 0.5) is 0 Å². The van der Waals surface area contributed by atoms with Crippen LogP contribution in [0.3, 0.4) is 0 Å². The number of benzene rings is 1. The first kappa shape index (κ1) is 16.0. The van der Waals surface area contributed by atoms with Crippen LogP contribution >= 0.6 is 0 Å². The molecule has 1 rings (SSSR count). The Labute approximate surface area is 119 Å². The van der Waals surface area contributed by atoms with Crippen molar-refractivity contribution in [1.29, 1.82) is 0 Å². The highest BCUT2D eigenvalue weighted by molar-refractivity contribution is 5.84. The lowest BCUT2D eigenvalue weighted by Crippen LogP contribution is -2.44. The van der Waals surface area contributed by atoms with Crippen LogP contribution < -0.4 is 5.32 Å². The second-order valence-corrected chi connectivity index (χ2v) is 5.08. The highest BCUT2D eigenvalue weighted by atomic mass is 16.4. The largest absolute Gasteiger partial charge is 0.480 e. The number of carbonyl (C=O) groups excluding carboxylic acids is 1. The third kappa shape index (κ3) is 4.53. The number of carboxylic acids is 1. The van der Waals surface area contributed by atoms with Crippen LogP contribution in [0.5, 0.6) is 0 Å². The quantitative estimate of drug-likeness (QED) is 0.752. The van der Waals surface area contributed by atoms with Crippen molar-refractivity contribution in [3.8, 4) is 0 Å². The molecule has 20 heavy (non-hydrogen) atoms. The van der Waals surface area contributed by atoms with Crippen molar-refractivity contribution in [1.82, 2.24) is 5.32 Å². The van der Waals surface area contributed by atoms with Crippen molar-refractivity contribution < 1.29 is 14.7 Å². The number of hydrogen-bond donors (Lipinski definition) is 2. The summed E-state index contributed by atoms with van der Waals surface area (Å²) in [6.45, 7) is 7.27. The van der Waals surface area contributed by atoms with Gasteiger partial charge in [-0.2, -0.15) is 0 Å². The maximum Gasteiger partial charge on any atom is 0.326 e. The van der Waals surface area contributed by atoms with Gasteiger partial charge >= 0.3 is 5.97 Å². The van der Waals surface area contributed by atoms with E-state index < -0.39 is 12.0 Å². The first-order valence-corrected chi connectivity index (χ1v) is 6.65. The van der Waals surface area contributed by atoms with E-state index in [9.17, 15) is 9.59 Å². The van der Waals surface area contributed by atoms with E-state index in [2.05, 4.69) is 11.9 Å². The first-order valence-electron chi connectivity index (χ1n) is 6.65. The fraction of sp³-hybridized carbons (Fsp3) is 0.375.